The number of nitrogens with one attached hydrogen (secondary N) is 3. The molecule has 3 N–H and O–H groups in total. The molecule has 0 radical (unpaired) electrons. The summed E-state index contributed by atoms with van der Waals surface area (Å²) >= 11 is 0. The third-order valence-electron chi connectivity index (χ3n) is 3.80. The number of hydrogen-bond donors (Lipinski definition) is 3. The van der Waals surface area contributed by atoms with Crippen molar-refractivity contribution in [1.29, 1.82) is 0 Å². The maximum absolute atomic E-state index is 12.3. The van der Waals surface area contributed by atoms with Gasteiger partial charge in [-0.25, -0.2) is 4.79 Å². The van der Waals surface area contributed by atoms with E-state index in [0.29, 0.717) is 17.8 Å². The smallest absolute Gasteiger partial charge is 0.324 e. The molecule has 0 spiro atoms. The molecule has 0 aliphatic carbocycles. The Labute approximate surface area is 145 Å². The van der Waals surface area contributed by atoms with Gasteiger partial charge in [-0.05, 0) is 24.3 Å². The van der Waals surface area contributed by atoms with Crippen LogP contribution >= 0.6 is 0 Å². The van der Waals surface area contributed by atoms with Crippen molar-refractivity contribution in [2.75, 3.05) is 30.3 Å². The summed E-state index contributed by atoms with van der Waals surface area (Å²) in [6.07, 6.45) is 0. The molecule has 0 unspecified atom stereocenters. The topological polar surface area (TPSA) is 90.5 Å². The Balaban J connectivity index is 1.62. The molecule has 4 amide bonds. The van der Waals surface area contributed by atoms with Gasteiger partial charge in [0.2, 0.25) is 5.91 Å². The first-order chi connectivity index (χ1) is 12.1. The number of amides is 4. The fraction of sp³-hybridized carbons (Fsp3) is 0.167. The minimum Gasteiger partial charge on any atom is -0.382 e. The number of rotatable bonds is 6. The third-order valence-corrected chi connectivity index (χ3v) is 3.80. The van der Waals surface area contributed by atoms with Crippen molar-refractivity contribution in [3.05, 3.63) is 60.2 Å². The van der Waals surface area contributed by atoms with Crippen LogP contribution < -0.4 is 16.0 Å². The summed E-state index contributed by atoms with van der Waals surface area (Å²) in [5, 5.41) is 8.49. The Hall–Kier alpha value is -3.35. The lowest BCUT2D eigenvalue weighted by Crippen LogP contribution is -2.35. The molecule has 7 heteroatoms. The Morgan fingerprint density at radius 3 is 2.36 bits per heavy atom. The number of urea groups is 1. The quantitative estimate of drug-likeness (QED) is 0.702. The molecule has 3 rings (SSSR count). The predicted octanol–water partition coefficient (Wildman–Crippen LogP) is 1.90. The fourth-order valence-electron chi connectivity index (χ4n) is 2.51. The van der Waals surface area contributed by atoms with Crippen LogP contribution in [0.4, 0.5) is 16.2 Å². The highest BCUT2D eigenvalue weighted by molar-refractivity contribution is 6.06. The molecule has 0 aromatic heterocycles. The van der Waals surface area contributed by atoms with Gasteiger partial charge < -0.3 is 16.0 Å². The van der Waals surface area contributed by atoms with Gasteiger partial charge in [-0.1, -0.05) is 30.3 Å². The number of para-hydroxylation sites is 2. The number of benzene rings is 2. The molecule has 7 nitrogen and oxygen atoms in total. The standard InChI is InChI=1S/C18H18N4O3/c23-16-12-20-18(25)22(16)11-10-19-14-8-4-5-9-15(14)21-17(24)13-6-2-1-3-7-13/h1-9,19H,10-12H2,(H,20,25)(H,21,24). The maximum Gasteiger partial charge on any atom is 0.324 e. The van der Waals surface area contributed by atoms with Gasteiger partial charge >= 0.3 is 6.03 Å². The molecule has 1 heterocycles. The van der Waals surface area contributed by atoms with Crippen LogP contribution in [0.3, 0.4) is 0 Å². The lowest BCUT2D eigenvalue weighted by molar-refractivity contribution is -0.124. The van der Waals surface area contributed by atoms with Gasteiger partial charge in [-0.15, -0.1) is 0 Å². The summed E-state index contributed by atoms with van der Waals surface area (Å²) in [5.41, 5.74) is 1.92. The van der Waals surface area contributed by atoms with E-state index in [4.69, 9.17) is 0 Å². The molecule has 0 saturated carbocycles. The minimum atomic E-state index is -0.377. The Morgan fingerprint density at radius 2 is 1.68 bits per heavy atom. The first-order valence-corrected chi connectivity index (χ1v) is 7.92. The van der Waals surface area contributed by atoms with Crippen molar-refractivity contribution in [3.8, 4) is 0 Å². The highest BCUT2D eigenvalue weighted by Gasteiger charge is 2.27. The molecule has 1 saturated heterocycles. The average molecular weight is 338 g/mol. The molecule has 128 valence electrons. The van der Waals surface area contributed by atoms with Crippen molar-refractivity contribution in [1.82, 2.24) is 10.2 Å². The van der Waals surface area contributed by atoms with Crippen molar-refractivity contribution < 1.29 is 14.4 Å². The summed E-state index contributed by atoms with van der Waals surface area (Å²) in [6, 6.07) is 15.8. The van der Waals surface area contributed by atoms with E-state index in [0.717, 1.165) is 10.6 Å². The van der Waals surface area contributed by atoms with Crippen LogP contribution in [0.1, 0.15) is 10.4 Å². The zero-order chi connectivity index (χ0) is 17.6. The van der Waals surface area contributed by atoms with Crippen molar-refractivity contribution in [3.63, 3.8) is 0 Å². The van der Waals surface area contributed by atoms with E-state index in [1.807, 2.05) is 24.3 Å². The van der Waals surface area contributed by atoms with Crippen LogP contribution in [0.15, 0.2) is 54.6 Å². The monoisotopic (exact) mass is 338 g/mol. The summed E-state index contributed by atoms with van der Waals surface area (Å²) < 4.78 is 0. The average Bonchev–Trinajstić information content (AvgIpc) is 2.96. The Kier molecular flexibility index (Phi) is 4.94. The molecule has 0 atom stereocenters. The summed E-state index contributed by atoms with van der Waals surface area (Å²) in [5.74, 6) is -0.443. The summed E-state index contributed by atoms with van der Waals surface area (Å²) in [7, 11) is 0. The predicted molar refractivity (Wildman–Crippen MR) is 94.4 cm³/mol. The molecule has 0 bridgehead atoms. The Morgan fingerprint density at radius 1 is 1.00 bits per heavy atom. The van der Waals surface area contributed by atoms with Gasteiger partial charge in [0.05, 0.1) is 17.9 Å². The van der Waals surface area contributed by atoms with Crippen molar-refractivity contribution in [2.45, 2.75) is 0 Å². The molecule has 1 aliphatic heterocycles. The normalized spacial score (nSPS) is 13.5. The maximum atomic E-state index is 12.3. The zero-order valence-electron chi connectivity index (χ0n) is 13.5. The van der Waals surface area contributed by atoms with E-state index >= 15 is 0 Å². The SMILES string of the molecule is O=C(Nc1ccccc1NCCN1C(=O)CNC1=O)c1ccccc1. The Bertz CT molecular complexity index is 776. The van der Waals surface area contributed by atoms with Gasteiger partial charge in [0.1, 0.15) is 0 Å². The van der Waals surface area contributed by atoms with Crippen LogP contribution in [-0.2, 0) is 4.79 Å². The molecule has 25 heavy (non-hydrogen) atoms. The van der Waals surface area contributed by atoms with Crippen LogP contribution in [0.2, 0.25) is 0 Å². The van der Waals surface area contributed by atoms with Gasteiger partial charge in [0.25, 0.3) is 5.91 Å². The van der Waals surface area contributed by atoms with Crippen LogP contribution in [0.5, 0.6) is 0 Å². The number of hydrogen-bond acceptors (Lipinski definition) is 4. The first-order valence-electron chi connectivity index (χ1n) is 7.92. The fourth-order valence-corrected chi connectivity index (χ4v) is 2.51. The van der Waals surface area contributed by atoms with E-state index in [1.54, 1.807) is 30.3 Å². The number of anilines is 2. The van der Waals surface area contributed by atoms with Crippen LogP contribution in [0, 0.1) is 0 Å². The van der Waals surface area contributed by atoms with E-state index in [1.165, 1.54) is 0 Å². The lowest BCUT2D eigenvalue weighted by atomic mass is 10.2. The molecular formula is C18H18N4O3. The summed E-state index contributed by atoms with van der Waals surface area (Å²) in [6.45, 7) is 0.686. The van der Waals surface area contributed by atoms with Gasteiger partial charge in [-0.3, -0.25) is 14.5 Å². The van der Waals surface area contributed by atoms with Crippen molar-refractivity contribution in [2.24, 2.45) is 0 Å². The molecule has 1 fully saturated rings. The number of carbonyl (C=O) groups is 3. The van der Waals surface area contributed by atoms with E-state index < -0.39 is 0 Å². The molecule has 2 aromatic carbocycles. The minimum absolute atomic E-state index is 0.0442. The van der Waals surface area contributed by atoms with E-state index in [2.05, 4.69) is 16.0 Å². The summed E-state index contributed by atoms with van der Waals surface area (Å²) in [4.78, 5) is 36.5. The third kappa shape index (κ3) is 3.95. The highest BCUT2D eigenvalue weighted by Crippen LogP contribution is 2.21. The van der Waals surface area contributed by atoms with Crippen LogP contribution in [0.25, 0.3) is 0 Å². The second-order valence-electron chi connectivity index (χ2n) is 5.50. The number of nitrogens with zero attached hydrogens (tertiary/aromatic N) is 1. The lowest BCUT2D eigenvalue weighted by Gasteiger charge is -2.16. The largest absolute Gasteiger partial charge is 0.382 e. The van der Waals surface area contributed by atoms with Gasteiger partial charge in [0, 0.05) is 18.7 Å². The van der Waals surface area contributed by atoms with E-state index in [9.17, 15) is 14.4 Å². The number of imide groups is 1. The second kappa shape index (κ2) is 7.48. The zero-order valence-corrected chi connectivity index (χ0v) is 13.5. The second-order valence-corrected chi connectivity index (χ2v) is 5.50. The van der Waals surface area contributed by atoms with E-state index in [-0.39, 0.29) is 30.9 Å². The molecule has 1 aliphatic rings. The highest BCUT2D eigenvalue weighted by atomic mass is 16.2. The van der Waals surface area contributed by atoms with Gasteiger partial charge in [-0.2, -0.15) is 0 Å². The van der Waals surface area contributed by atoms with Gasteiger partial charge in [0.15, 0.2) is 0 Å². The first kappa shape index (κ1) is 16.5. The molecular weight excluding hydrogens is 320 g/mol. The van der Waals surface area contributed by atoms with Crippen molar-refractivity contribution >= 4 is 29.2 Å². The number of carbonyl (C=O) groups excluding carboxylic acids is 3. The van der Waals surface area contributed by atoms with Crippen LogP contribution in [-0.4, -0.2) is 42.4 Å². The molecule has 2 aromatic rings.